The predicted molar refractivity (Wildman–Crippen MR) is 140 cm³/mol. The average Bonchev–Trinajstić information content (AvgIpc) is 3.41. The quantitative estimate of drug-likeness (QED) is 0.499. The van der Waals surface area contributed by atoms with E-state index in [4.69, 9.17) is 10.00 Å². The van der Waals surface area contributed by atoms with Crippen LogP contribution in [0.25, 0.3) is 0 Å². The summed E-state index contributed by atoms with van der Waals surface area (Å²) in [5.41, 5.74) is 0.992. The topological polar surface area (TPSA) is 121 Å². The molecular formula is C27H34N6O3S. The van der Waals surface area contributed by atoms with E-state index in [-0.39, 0.29) is 35.2 Å². The van der Waals surface area contributed by atoms with Gasteiger partial charge in [0.2, 0.25) is 11.8 Å². The van der Waals surface area contributed by atoms with Crippen LogP contribution < -0.4 is 10.6 Å². The third-order valence-corrected chi connectivity index (χ3v) is 10.5. The summed E-state index contributed by atoms with van der Waals surface area (Å²) in [6.45, 7) is 8.93. The molecule has 0 aromatic heterocycles. The second kappa shape index (κ2) is 9.50. The lowest BCUT2D eigenvalue weighted by molar-refractivity contribution is -0.141. The summed E-state index contributed by atoms with van der Waals surface area (Å²) in [5.74, 6) is -0.552. The SMILES string of the molecule is CCN1C(=O)C2CC(Nc3cccc(CCN4COCC4(C)C)c3)C2SC12CC2(C#N)C(=O)NCC#N. The Morgan fingerprint density at radius 2 is 2.14 bits per heavy atom. The van der Waals surface area contributed by atoms with Gasteiger partial charge in [-0.2, -0.15) is 10.5 Å². The van der Waals surface area contributed by atoms with Crippen LogP contribution >= 0.6 is 11.8 Å². The molecule has 5 atom stereocenters. The van der Waals surface area contributed by atoms with Gasteiger partial charge in [0.15, 0.2) is 5.41 Å². The van der Waals surface area contributed by atoms with Crippen molar-refractivity contribution in [3.05, 3.63) is 29.8 Å². The van der Waals surface area contributed by atoms with Gasteiger partial charge in [0.1, 0.15) is 11.4 Å². The highest BCUT2D eigenvalue weighted by Gasteiger charge is 2.80. The Morgan fingerprint density at radius 3 is 2.81 bits per heavy atom. The van der Waals surface area contributed by atoms with E-state index in [1.807, 2.05) is 13.0 Å². The van der Waals surface area contributed by atoms with Crippen molar-refractivity contribution in [2.24, 2.45) is 11.3 Å². The molecule has 9 nitrogen and oxygen atoms in total. The van der Waals surface area contributed by atoms with Gasteiger partial charge < -0.3 is 20.3 Å². The minimum Gasteiger partial charge on any atom is -0.381 e. The van der Waals surface area contributed by atoms with Crippen LogP contribution in [0.15, 0.2) is 24.3 Å². The van der Waals surface area contributed by atoms with Crippen molar-refractivity contribution in [3.63, 3.8) is 0 Å². The van der Waals surface area contributed by atoms with Gasteiger partial charge in [0, 0.05) is 42.0 Å². The Hall–Kier alpha value is -2.79. The fourth-order valence-electron chi connectivity index (χ4n) is 6.07. The summed E-state index contributed by atoms with van der Waals surface area (Å²) < 4.78 is 5.63. The molecule has 2 heterocycles. The number of rotatable bonds is 8. The molecule has 1 aromatic carbocycles. The molecule has 2 saturated carbocycles. The van der Waals surface area contributed by atoms with Crippen LogP contribution in [0.2, 0.25) is 0 Å². The lowest BCUT2D eigenvalue weighted by atomic mass is 9.77. The summed E-state index contributed by atoms with van der Waals surface area (Å²) in [4.78, 5) is 29.5. The number of amides is 2. The summed E-state index contributed by atoms with van der Waals surface area (Å²) in [6, 6.07) is 12.6. The third-order valence-electron chi connectivity index (χ3n) is 8.43. The van der Waals surface area contributed by atoms with Crippen molar-refractivity contribution >= 4 is 29.3 Å². The first-order valence-electron chi connectivity index (χ1n) is 13.0. The van der Waals surface area contributed by atoms with Crippen LogP contribution in [-0.2, 0) is 20.7 Å². The molecule has 196 valence electrons. The fourth-order valence-corrected chi connectivity index (χ4v) is 8.25. The number of thioether (sulfide) groups is 1. The third kappa shape index (κ3) is 4.16. The van der Waals surface area contributed by atoms with Crippen molar-refractivity contribution in [2.45, 2.75) is 61.7 Å². The summed E-state index contributed by atoms with van der Waals surface area (Å²) >= 11 is 1.59. The zero-order valence-electron chi connectivity index (χ0n) is 21.6. The first-order valence-corrected chi connectivity index (χ1v) is 13.8. The van der Waals surface area contributed by atoms with E-state index in [2.05, 4.69) is 59.7 Å². The number of anilines is 1. The number of hydrogen-bond donors (Lipinski definition) is 2. The van der Waals surface area contributed by atoms with Gasteiger partial charge in [-0.15, -0.1) is 11.8 Å². The van der Waals surface area contributed by atoms with Crippen molar-refractivity contribution in [1.82, 2.24) is 15.1 Å². The molecule has 2 aliphatic carbocycles. The zero-order chi connectivity index (χ0) is 26.4. The van der Waals surface area contributed by atoms with Gasteiger partial charge in [-0.3, -0.25) is 14.5 Å². The monoisotopic (exact) mass is 522 g/mol. The standard InChI is InChI=1S/C27H34N6O3S/c1-4-33-23(34)20-13-21(22(20)37-27(33)14-26(27,15-29)24(35)30-10-9-28)31-19-7-5-6-18(12-19)8-11-32-17-36-16-25(32,2)3/h5-7,12,20-22,31H,4,8,10-11,13-14,16-17H2,1-3H3,(H,30,35). The van der Waals surface area contributed by atoms with E-state index >= 15 is 0 Å². The molecule has 5 unspecified atom stereocenters. The molecule has 0 radical (unpaired) electrons. The molecule has 4 fully saturated rings. The molecule has 4 aliphatic rings. The maximum atomic E-state index is 13.4. The van der Waals surface area contributed by atoms with Gasteiger partial charge >= 0.3 is 0 Å². The number of ether oxygens (including phenoxy) is 1. The Morgan fingerprint density at radius 1 is 1.32 bits per heavy atom. The van der Waals surface area contributed by atoms with E-state index in [1.54, 1.807) is 16.7 Å². The molecule has 2 N–H and O–H groups in total. The molecule has 37 heavy (non-hydrogen) atoms. The normalized spacial score (nSPS) is 33.7. The first kappa shape index (κ1) is 25.8. The summed E-state index contributed by atoms with van der Waals surface area (Å²) in [6.07, 6.45) is 1.94. The van der Waals surface area contributed by atoms with E-state index in [0.717, 1.165) is 31.7 Å². The second-order valence-electron chi connectivity index (χ2n) is 11.1. The number of carbonyl (C=O) groups excluding carboxylic acids is 2. The minimum atomic E-state index is -1.32. The maximum Gasteiger partial charge on any atom is 0.244 e. The average molecular weight is 523 g/mol. The second-order valence-corrected chi connectivity index (χ2v) is 12.5. The van der Waals surface area contributed by atoms with Crippen molar-refractivity contribution < 1.29 is 14.3 Å². The number of nitrogens with zero attached hydrogens (tertiary/aromatic N) is 4. The summed E-state index contributed by atoms with van der Waals surface area (Å²) in [5, 5.41) is 25.1. The van der Waals surface area contributed by atoms with Crippen LogP contribution in [0, 0.1) is 34.0 Å². The van der Waals surface area contributed by atoms with Gasteiger partial charge in [-0.25, -0.2) is 0 Å². The van der Waals surface area contributed by atoms with Crippen LogP contribution in [0.1, 0.15) is 39.2 Å². The van der Waals surface area contributed by atoms with Crippen LogP contribution in [-0.4, -0.2) is 76.3 Å². The lowest BCUT2D eigenvalue weighted by Gasteiger charge is -2.53. The molecular weight excluding hydrogens is 488 g/mol. The number of hydrogen-bond acceptors (Lipinski definition) is 8. The number of benzene rings is 1. The molecule has 2 amide bonds. The van der Waals surface area contributed by atoms with Crippen molar-refractivity contribution in [3.8, 4) is 12.1 Å². The van der Waals surface area contributed by atoms with Crippen LogP contribution in [0.5, 0.6) is 0 Å². The van der Waals surface area contributed by atoms with Crippen molar-refractivity contribution in [2.75, 3.05) is 38.3 Å². The van der Waals surface area contributed by atoms with E-state index in [1.165, 1.54) is 5.56 Å². The molecule has 5 rings (SSSR count). The number of nitrogens with one attached hydrogen (secondary N) is 2. The first-order chi connectivity index (χ1) is 17.7. The molecule has 10 heteroatoms. The number of nitriles is 2. The maximum absolute atomic E-state index is 13.4. The Kier molecular flexibility index (Phi) is 6.64. The Labute approximate surface area is 222 Å². The fraction of sp³-hybridized carbons (Fsp3) is 0.630. The molecule has 2 saturated heterocycles. The highest BCUT2D eigenvalue weighted by molar-refractivity contribution is 8.01. The largest absolute Gasteiger partial charge is 0.381 e. The Balaban J connectivity index is 1.27. The molecule has 1 spiro atoms. The summed E-state index contributed by atoms with van der Waals surface area (Å²) in [7, 11) is 0. The zero-order valence-corrected chi connectivity index (χ0v) is 22.4. The van der Waals surface area contributed by atoms with Gasteiger partial charge in [0.25, 0.3) is 0 Å². The predicted octanol–water partition coefficient (Wildman–Crippen LogP) is 2.31. The minimum absolute atomic E-state index is 0.0134. The van der Waals surface area contributed by atoms with Crippen LogP contribution in [0.4, 0.5) is 5.69 Å². The highest BCUT2D eigenvalue weighted by Crippen LogP contribution is 2.71. The lowest BCUT2D eigenvalue weighted by Crippen LogP contribution is -2.64. The number of fused-ring (bicyclic) bond motifs is 1. The Bertz CT molecular complexity index is 1180. The van der Waals surface area contributed by atoms with Crippen LogP contribution in [0.3, 0.4) is 0 Å². The van der Waals surface area contributed by atoms with Gasteiger partial charge in [0.05, 0.1) is 31.4 Å². The number of carbonyl (C=O) groups is 2. The smallest absolute Gasteiger partial charge is 0.244 e. The van der Waals surface area contributed by atoms with E-state index < -0.39 is 16.2 Å². The van der Waals surface area contributed by atoms with E-state index in [0.29, 0.717) is 19.7 Å². The van der Waals surface area contributed by atoms with E-state index in [9.17, 15) is 14.9 Å². The van der Waals surface area contributed by atoms with Gasteiger partial charge in [-0.1, -0.05) is 12.1 Å². The molecule has 2 aliphatic heterocycles. The van der Waals surface area contributed by atoms with Crippen molar-refractivity contribution in [1.29, 1.82) is 10.5 Å². The van der Waals surface area contributed by atoms with Gasteiger partial charge in [-0.05, 0) is 51.3 Å². The highest BCUT2D eigenvalue weighted by atomic mass is 32.2. The molecule has 0 bridgehead atoms. The molecule has 1 aromatic rings.